The van der Waals surface area contributed by atoms with E-state index in [9.17, 15) is 0 Å². The maximum atomic E-state index is 8.71. The number of halogens is 2. The third-order valence-corrected chi connectivity index (χ3v) is 64.1. The van der Waals surface area contributed by atoms with Crippen molar-refractivity contribution in [3.8, 4) is 22.3 Å². The Kier molecular flexibility index (Phi) is 10.7. The van der Waals surface area contributed by atoms with Gasteiger partial charge in [-0.1, -0.05) is 0 Å². The quantitative estimate of drug-likeness (QED) is 0.133. The molecular weight excluding hydrogens is 731 g/mol. The summed E-state index contributed by atoms with van der Waals surface area (Å²) in [7, 11) is 17.4. The van der Waals surface area contributed by atoms with Gasteiger partial charge >= 0.3 is 308 Å². The average Bonchev–Trinajstić information content (AvgIpc) is 3.67. The van der Waals surface area contributed by atoms with Gasteiger partial charge in [-0.15, -0.1) is 0 Å². The molecule has 4 heteroatoms. The molecule has 0 heterocycles. The number of hydrogen-bond donors (Lipinski definition) is 0. The molecule has 0 aromatic heterocycles. The fourth-order valence-corrected chi connectivity index (χ4v) is 41.0. The van der Waals surface area contributed by atoms with E-state index >= 15 is 0 Å². The molecule has 6 rings (SSSR count). The van der Waals surface area contributed by atoms with Gasteiger partial charge in [-0.2, -0.15) is 0 Å². The second-order valence-electron chi connectivity index (χ2n) is 15.8. The van der Waals surface area contributed by atoms with Gasteiger partial charge in [0.15, 0.2) is 0 Å². The van der Waals surface area contributed by atoms with Crippen LogP contribution in [0.15, 0.2) is 96.1 Å². The molecular formula is C45H55Cl2SiZr. The van der Waals surface area contributed by atoms with Gasteiger partial charge in [0.05, 0.1) is 0 Å². The van der Waals surface area contributed by atoms with Crippen molar-refractivity contribution in [1.29, 1.82) is 0 Å². The molecule has 0 amide bonds. The van der Waals surface area contributed by atoms with Gasteiger partial charge in [0.2, 0.25) is 0 Å². The Labute approximate surface area is 305 Å². The molecule has 49 heavy (non-hydrogen) atoms. The van der Waals surface area contributed by atoms with Crippen LogP contribution in [0.1, 0.15) is 120 Å². The van der Waals surface area contributed by atoms with Crippen molar-refractivity contribution in [2.75, 3.05) is 0 Å². The summed E-state index contributed by atoms with van der Waals surface area (Å²) in [6.45, 7) is 21.1. The molecule has 4 atom stereocenters. The van der Waals surface area contributed by atoms with Crippen LogP contribution >= 0.6 is 17.0 Å². The fraction of sp³-hybridized carbons (Fsp3) is 0.378. The molecule has 257 valence electrons. The number of rotatable bonds is 11. The SMILES string of the molecule is CCCC(C)C1=Cc2c(-c3ccc(C(C)C)cc3)cccc2[CH]1[Zr]([Cl])([Cl])([CH]1C(C)=Cc2c(-c3ccc(C(C)CC)cc3)cccc21)[SiH](C)C. The van der Waals surface area contributed by atoms with Crippen molar-refractivity contribution < 1.29 is 15.6 Å². The Hall–Kier alpha value is -1.96. The van der Waals surface area contributed by atoms with Crippen LogP contribution in [0.2, 0.25) is 13.1 Å². The summed E-state index contributed by atoms with van der Waals surface area (Å²) < 4.78 is 0.189. The first kappa shape index (κ1) is 36.8. The zero-order chi connectivity index (χ0) is 35.3. The first-order chi connectivity index (χ1) is 23.3. The van der Waals surface area contributed by atoms with Crippen molar-refractivity contribution in [2.24, 2.45) is 5.92 Å². The second kappa shape index (κ2) is 14.2. The predicted molar refractivity (Wildman–Crippen MR) is 218 cm³/mol. The molecule has 0 fully saturated rings. The van der Waals surface area contributed by atoms with E-state index in [0.717, 1.165) is 19.3 Å². The molecule has 2 aliphatic carbocycles. The number of fused-ring (bicyclic) bond motifs is 2. The van der Waals surface area contributed by atoms with Gasteiger partial charge in [0.25, 0.3) is 0 Å². The first-order valence-electron chi connectivity index (χ1n) is 18.7. The van der Waals surface area contributed by atoms with Crippen LogP contribution in [0.5, 0.6) is 0 Å². The molecule has 0 aliphatic heterocycles. The minimum atomic E-state index is -4.84. The second-order valence-corrected chi connectivity index (χ2v) is 58.3. The van der Waals surface area contributed by atoms with Gasteiger partial charge in [0.1, 0.15) is 0 Å². The summed E-state index contributed by atoms with van der Waals surface area (Å²) in [5, 5.41) is 0. The minimum absolute atomic E-state index is 0.0907. The van der Waals surface area contributed by atoms with Gasteiger partial charge in [-0.25, -0.2) is 0 Å². The molecule has 4 aromatic rings. The zero-order valence-electron chi connectivity index (χ0n) is 31.1. The molecule has 2 aliphatic rings. The van der Waals surface area contributed by atoms with Gasteiger partial charge in [-0.05, 0) is 0 Å². The molecule has 0 spiro atoms. The Morgan fingerprint density at radius 2 is 1.16 bits per heavy atom. The van der Waals surface area contributed by atoms with Crippen LogP contribution < -0.4 is 0 Å². The molecule has 0 N–H and O–H groups in total. The van der Waals surface area contributed by atoms with Crippen molar-refractivity contribution in [3.63, 3.8) is 0 Å². The summed E-state index contributed by atoms with van der Waals surface area (Å²) in [5.74, 6) is -0.153. The van der Waals surface area contributed by atoms with Gasteiger partial charge < -0.3 is 0 Å². The summed E-state index contributed by atoms with van der Waals surface area (Å²) >= 11 is -4.84. The Morgan fingerprint density at radius 3 is 1.65 bits per heavy atom. The Balaban J connectivity index is 1.53. The third-order valence-electron chi connectivity index (χ3n) is 12.2. The summed E-state index contributed by atoms with van der Waals surface area (Å²) in [6, 6.07) is 32.3. The average molecular weight is 786 g/mol. The molecule has 0 saturated carbocycles. The standard InChI is InChI=1S/C23H27.C20H21.C2H7Si.2ClH.Zr/c1-5-7-17(4)21-14-20-8-6-9-22(23(20)15-21)19-12-10-18(11-13-19)16(2)3;1-4-15(3)16-8-10-17(11-9-16)19-7-5-6-18-12-14(2)13-20(18)19;1-3-2;;;/h6,8-17H,5,7H2,1-4H3;5-13,15H,4H2,1-3H3;3H,1-2H3;2*1H;/q;;;;;+2/p-2. The number of allylic oxidation sites excluding steroid dienone is 2. The maximum absolute atomic E-state index is 8.71. The molecule has 0 bridgehead atoms. The Morgan fingerprint density at radius 1 is 0.653 bits per heavy atom. The molecule has 0 radical (unpaired) electrons. The summed E-state index contributed by atoms with van der Waals surface area (Å²) in [6.07, 6.45) is 8.40. The van der Waals surface area contributed by atoms with E-state index in [2.05, 4.69) is 159 Å². The van der Waals surface area contributed by atoms with Gasteiger partial charge in [-0.3, -0.25) is 0 Å². The van der Waals surface area contributed by atoms with Crippen LogP contribution in [0.25, 0.3) is 34.4 Å². The van der Waals surface area contributed by atoms with E-state index in [0.29, 0.717) is 17.8 Å². The normalized spacial score (nSPS) is 19.2. The first-order valence-corrected chi connectivity index (χ1v) is 35.1. The van der Waals surface area contributed by atoms with Gasteiger partial charge in [0, 0.05) is 0 Å². The van der Waals surface area contributed by atoms with E-state index in [1.807, 2.05) is 0 Å². The topological polar surface area (TPSA) is 0 Å². The molecule has 0 saturated heterocycles. The monoisotopic (exact) mass is 783 g/mol. The van der Waals surface area contributed by atoms with E-state index in [-0.39, 0.29) is 7.25 Å². The van der Waals surface area contributed by atoms with Crippen molar-refractivity contribution in [3.05, 3.63) is 129 Å². The van der Waals surface area contributed by atoms with Crippen LogP contribution in [-0.4, -0.2) is 5.92 Å². The van der Waals surface area contributed by atoms with E-state index in [1.165, 1.54) is 66.8 Å². The third kappa shape index (κ3) is 6.30. The van der Waals surface area contributed by atoms with E-state index in [4.69, 9.17) is 17.0 Å². The van der Waals surface area contributed by atoms with Crippen LogP contribution in [0.3, 0.4) is 0 Å². The van der Waals surface area contributed by atoms with Crippen LogP contribution in [-0.2, 0) is 15.6 Å². The van der Waals surface area contributed by atoms with Crippen molar-refractivity contribution in [2.45, 2.75) is 99.9 Å². The van der Waals surface area contributed by atoms with E-state index < -0.39 is 21.5 Å². The number of hydrogen-bond acceptors (Lipinski definition) is 0. The molecule has 4 aromatic carbocycles. The summed E-state index contributed by atoms with van der Waals surface area (Å²) in [4.78, 5) is 0. The fourth-order valence-electron chi connectivity index (χ4n) is 8.96. The van der Waals surface area contributed by atoms with Crippen molar-refractivity contribution in [1.82, 2.24) is 0 Å². The summed E-state index contributed by atoms with van der Waals surface area (Å²) in [5.41, 5.74) is 16.1. The molecule has 4 unspecified atom stereocenters. The van der Waals surface area contributed by atoms with Crippen molar-refractivity contribution >= 4 is 35.1 Å². The molecule has 0 nitrogen and oxygen atoms in total. The zero-order valence-corrected chi connectivity index (χ0v) is 36.2. The predicted octanol–water partition coefficient (Wildman–Crippen LogP) is 14.7. The number of benzene rings is 4. The van der Waals surface area contributed by atoms with Crippen LogP contribution in [0, 0.1) is 5.92 Å². The Bertz CT molecular complexity index is 1900. The van der Waals surface area contributed by atoms with Crippen LogP contribution in [0.4, 0.5) is 0 Å². The van der Waals surface area contributed by atoms with E-state index in [1.54, 1.807) is 0 Å².